The summed E-state index contributed by atoms with van der Waals surface area (Å²) in [6.45, 7) is 2.12. The van der Waals surface area contributed by atoms with Crippen LogP contribution < -0.4 is 0 Å². The van der Waals surface area contributed by atoms with Gasteiger partial charge in [0.25, 0.3) is 5.91 Å². The molecule has 130 valence electrons. The van der Waals surface area contributed by atoms with Crippen molar-refractivity contribution >= 4 is 23.2 Å². The van der Waals surface area contributed by atoms with Crippen molar-refractivity contribution in [2.75, 3.05) is 6.54 Å². The summed E-state index contributed by atoms with van der Waals surface area (Å²) in [7, 11) is 0. The predicted molar refractivity (Wildman–Crippen MR) is 98.3 cm³/mol. The van der Waals surface area contributed by atoms with Crippen LogP contribution in [-0.4, -0.2) is 34.2 Å². The van der Waals surface area contributed by atoms with Crippen LogP contribution in [0.25, 0.3) is 0 Å². The SMILES string of the molecule is O=C1CCCN1Cc1cccc(C(=O)N(Cc2cccs2)C2CC2)c1. The molecule has 0 unspecified atom stereocenters. The number of hydrogen-bond acceptors (Lipinski definition) is 3. The summed E-state index contributed by atoms with van der Waals surface area (Å²) in [4.78, 5) is 30.0. The van der Waals surface area contributed by atoms with Gasteiger partial charge in [-0.15, -0.1) is 11.3 Å². The summed E-state index contributed by atoms with van der Waals surface area (Å²) >= 11 is 1.70. The highest BCUT2D eigenvalue weighted by atomic mass is 32.1. The zero-order valence-electron chi connectivity index (χ0n) is 14.2. The summed E-state index contributed by atoms with van der Waals surface area (Å²) in [5.74, 6) is 0.319. The van der Waals surface area contributed by atoms with Gasteiger partial charge >= 0.3 is 0 Å². The van der Waals surface area contributed by atoms with Crippen LogP contribution in [0.2, 0.25) is 0 Å². The molecule has 0 radical (unpaired) electrons. The number of carbonyl (C=O) groups excluding carboxylic acids is 2. The maximum absolute atomic E-state index is 13.1. The van der Waals surface area contributed by atoms with Gasteiger partial charge < -0.3 is 9.80 Å². The van der Waals surface area contributed by atoms with Crippen LogP contribution in [0.4, 0.5) is 0 Å². The number of hydrogen-bond donors (Lipinski definition) is 0. The average molecular weight is 354 g/mol. The number of nitrogens with zero attached hydrogens (tertiary/aromatic N) is 2. The largest absolute Gasteiger partial charge is 0.338 e. The smallest absolute Gasteiger partial charge is 0.254 e. The number of carbonyl (C=O) groups is 2. The first-order chi connectivity index (χ1) is 12.2. The highest BCUT2D eigenvalue weighted by Crippen LogP contribution is 2.31. The molecule has 1 aliphatic heterocycles. The summed E-state index contributed by atoms with van der Waals surface area (Å²) < 4.78 is 0. The Bertz CT molecular complexity index is 768. The van der Waals surface area contributed by atoms with E-state index in [1.807, 2.05) is 40.1 Å². The highest BCUT2D eigenvalue weighted by molar-refractivity contribution is 7.09. The molecule has 1 aliphatic carbocycles. The number of likely N-dealkylation sites (tertiary alicyclic amines) is 1. The minimum atomic E-state index is 0.102. The van der Waals surface area contributed by atoms with Crippen LogP contribution in [0.3, 0.4) is 0 Å². The molecule has 25 heavy (non-hydrogen) atoms. The maximum Gasteiger partial charge on any atom is 0.254 e. The number of benzene rings is 1. The lowest BCUT2D eigenvalue weighted by Crippen LogP contribution is -2.32. The van der Waals surface area contributed by atoms with Gasteiger partial charge in [-0.3, -0.25) is 9.59 Å². The number of rotatable bonds is 6. The zero-order valence-corrected chi connectivity index (χ0v) is 15.0. The Morgan fingerprint density at radius 3 is 2.80 bits per heavy atom. The van der Waals surface area contributed by atoms with Crippen LogP contribution in [0.5, 0.6) is 0 Å². The van der Waals surface area contributed by atoms with E-state index in [9.17, 15) is 9.59 Å². The summed E-state index contributed by atoms with van der Waals surface area (Å²) in [5.41, 5.74) is 1.76. The Hall–Kier alpha value is -2.14. The van der Waals surface area contributed by atoms with Crippen molar-refractivity contribution in [1.82, 2.24) is 9.80 Å². The Balaban J connectivity index is 1.50. The van der Waals surface area contributed by atoms with E-state index in [0.29, 0.717) is 25.6 Å². The predicted octanol–water partition coefficient (Wildman–Crippen LogP) is 3.68. The van der Waals surface area contributed by atoms with Crippen molar-refractivity contribution < 1.29 is 9.59 Å². The summed E-state index contributed by atoms with van der Waals surface area (Å²) in [6.07, 6.45) is 3.78. The lowest BCUT2D eigenvalue weighted by molar-refractivity contribution is -0.128. The molecular weight excluding hydrogens is 332 g/mol. The van der Waals surface area contributed by atoms with Crippen molar-refractivity contribution in [1.29, 1.82) is 0 Å². The molecule has 1 aromatic heterocycles. The molecule has 1 saturated carbocycles. The van der Waals surface area contributed by atoms with E-state index in [-0.39, 0.29) is 11.8 Å². The maximum atomic E-state index is 13.1. The van der Waals surface area contributed by atoms with E-state index in [0.717, 1.165) is 36.9 Å². The number of amides is 2. The fourth-order valence-corrected chi connectivity index (χ4v) is 4.09. The average Bonchev–Trinajstić information content (AvgIpc) is 3.19. The minimum Gasteiger partial charge on any atom is -0.338 e. The van der Waals surface area contributed by atoms with E-state index in [1.54, 1.807) is 11.3 Å². The van der Waals surface area contributed by atoms with Crippen molar-refractivity contribution in [2.24, 2.45) is 0 Å². The molecular formula is C20H22N2O2S. The molecule has 4 nitrogen and oxygen atoms in total. The molecule has 2 amide bonds. The molecule has 2 aromatic rings. The Kier molecular flexibility index (Phi) is 4.57. The second-order valence-corrected chi connectivity index (χ2v) is 7.90. The van der Waals surface area contributed by atoms with E-state index in [1.165, 1.54) is 4.88 Å². The van der Waals surface area contributed by atoms with Crippen molar-refractivity contribution in [2.45, 2.75) is 44.8 Å². The summed E-state index contributed by atoms with van der Waals surface area (Å²) in [6, 6.07) is 12.3. The van der Waals surface area contributed by atoms with Gasteiger partial charge in [0.15, 0.2) is 0 Å². The van der Waals surface area contributed by atoms with Gasteiger partial charge in [-0.05, 0) is 48.4 Å². The van der Waals surface area contributed by atoms with Crippen molar-refractivity contribution in [3.8, 4) is 0 Å². The van der Waals surface area contributed by atoms with Crippen LogP contribution in [-0.2, 0) is 17.9 Å². The van der Waals surface area contributed by atoms with E-state index in [2.05, 4.69) is 11.4 Å². The van der Waals surface area contributed by atoms with Crippen LogP contribution in [0.15, 0.2) is 41.8 Å². The monoisotopic (exact) mass is 354 g/mol. The number of thiophene rings is 1. The second-order valence-electron chi connectivity index (χ2n) is 6.86. The molecule has 0 N–H and O–H groups in total. The molecule has 2 fully saturated rings. The quantitative estimate of drug-likeness (QED) is 0.794. The fraction of sp³-hybridized carbons (Fsp3) is 0.400. The molecule has 5 heteroatoms. The summed E-state index contributed by atoms with van der Waals surface area (Å²) in [5, 5.41) is 2.05. The van der Waals surface area contributed by atoms with E-state index in [4.69, 9.17) is 0 Å². The van der Waals surface area contributed by atoms with E-state index < -0.39 is 0 Å². The first-order valence-electron chi connectivity index (χ1n) is 8.91. The molecule has 2 aliphatic rings. The lowest BCUT2D eigenvalue weighted by Gasteiger charge is -2.22. The zero-order chi connectivity index (χ0) is 17.2. The Morgan fingerprint density at radius 2 is 2.12 bits per heavy atom. The van der Waals surface area contributed by atoms with Gasteiger partial charge in [0, 0.05) is 36.0 Å². The topological polar surface area (TPSA) is 40.6 Å². The molecule has 1 aromatic carbocycles. The van der Waals surface area contributed by atoms with Crippen LogP contribution in [0, 0.1) is 0 Å². The molecule has 1 saturated heterocycles. The molecule has 4 rings (SSSR count). The third-order valence-electron chi connectivity index (χ3n) is 4.87. The van der Waals surface area contributed by atoms with Crippen LogP contribution >= 0.6 is 11.3 Å². The Labute approximate surface area is 152 Å². The van der Waals surface area contributed by atoms with Gasteiger partial charge in [0.05, 0.1) is 6.54 Å². The first kappa shape index (κ1) is 16.3. The second kappa shape index (κ2) is 7.00. The molecule has 0 spiro atoms. The van der Waals surface area contributed by atoms with Gasteiger partial charge in [-0.2, -0.15) is 0 Å². The lowest BCUT2D eigenvalue weighted by atomic mass is 10.1. The van der Waals surface area contributed by atoms with Crippen LogP contribution in [0.1, 0.15) is 46.5 Å². The van der Waals surface area contributed by atoms with Gasteiger partial charge in [0.2, 0.25) is 5.91 Å². The van der Waals surface area contributed by atoms with Crippen molar-refractivity contribution in [3.05, 3.63) is 57.8 Å². The van der Waals surface area contributed by atoms with E-state index >= 15 is 0 Å². The third kappa shape index (κ3) is 3.76. The standard InChI is InChI=1S/C20H22N2O2S/c23-19-7-2-10-21(19)13-15-4-1-5-16(12-15)20(24)22(17-8-9-17)14-18-6-3-11-25-18/h1,3-6,11-12,17H,2,7-10,13-14H2. The highest BCUT2D eigenvalue weighted by Gasteiger charge is 2.33. The molecule has 2 heterocycles. The van der Waals surface area contributed by atoms with Crippen molar-refractivity contribution in [3.63, 3.8) is 0 Å². The fourth-order valence-electron chi connectivity index (χ4n) is 3.38. The third-order valence-corrected chi connectivity index (χ3v) is 5.73. The molecule has 0 atom stereocenters. The minimum absolute atomic E-state index is 0.102. The normalized spacial score (nSPS) is 17.1. The molecule has 0 bridgehead atoms. The first-order valence-corrected chi connectivity index (χ1v) is 9.79. The van der Waals surface area contributed by atoms with Gasteiger partial charge in [-0.1, -0.05) is 18.2 Å². The van der Waals surface area contributed by atoms with Gasteiger partial charge in [-0.25, -0.2) is 0 Å². The Morgan fingerprint density at radius 1 is 1.24 bits per heavy atom. The van der Waals surface area contributed by atoms with Gasteiger partial charge in [0.1, 0.15) is 0 Å².